The summed E-state index contributed by atoms with van der Waals surface area (Å²) < 4.78 is 0. The van der Waals surface area contributed by atoms with Crippen LogP contribution in [-0.4, -0.2) is 51.3 Å². The van der Waals surface area contributed by atoms with E-state index in [2.05, 4.69) is 0 Å². The number of carboxylic acids is 1. The number of aliphatic carboxylic acids is 1. The van der Waals surface area contributed by atoms with Gasteiger partial charge >= 0.3 is 12.0 Å². The van der Waals surface area contributed by atoms with Crippen LogP contribution in [-0.2, 0) is 14.4 Å². The van der Waals surface area contributed by atoms with Crippen molar-refractivity contribution >= 4 is 23.8 Å². The molecule has 0 aromatic heterocycles. The summed E-state index contributed by atoms with van der Waals surface area (Å²) in [5, 5.41) is 8.72. The topological polar surface area (TPSA) is 95.0 Å². The summed E-state index contributed by atoms with van der Waals surface area (Å²) in [6, 6.07) is -0.723. The summed E-state index contributed by atoms with van der Waals surface area (Å²) in [6.07, 6.45) is -0.609. The Bertz CT molecular complexity index is 424. The van der Waals surface area contributed by atoms with Crippen molar-refractivity contribution < 1.29 is 24.3 Å². The molecule has 7 nitrogen and oxygen atoms in total. The number of nitrogens with zero attached hydrogens (tertiary/aromatic N) is 2. The third-order valence-corrected chi connectivity index (χ3v) is 2.67. The molecule has 1 aliphatic heterocycles. The van der Waals surface area contributed by atoms with Crippen molar-refractivity contribution in [1.82, 2.24) is 9.80 Å². The molecule has 1 aliphatic rings. The maximum atomic E-state index is 12.1. The highest BCUT2D eigenvalue weighted by atomic mass is 16.4. The standard InChI is InChI=1S/C11H16N2O5/c1-11(2,3)13-9(17)6(5-7(14)15)8(16)12(4)10(13)18/h6H,5H2,1-4H3,(H,14,15). The van der Waals surface area contributed by atoms with Gasteiger partial charge in [-0.05, 0) is 20.8 Å². The van der Waals surface area contributed by atoms with E-state index < -0.39 is 41.7 Å². The van der Waals surface area contributed by atoms with Crippen molar-refractivity contribution in [3.8, 4) is 0 Å². The fourth-order valence-corrected chi connectivity index (χ4v) is 1.80. The summed E-state index contributed by atoms with van der Waals surface area (Å²) in [6.45, 7) is 4.93. The van der Waals surface area contributed by atoms with Crippen molar-refractivity contribution in [3.05, 3.63) is 0 Å². The molecule has 1 unspecified atom stereocenters. The number of carboxylic acid groups (broad SMARTS) is 1. The van der Waals surface area contributed by atoms with E-state index in [1.807, 2.05) is 0 Å². The zero-order valence-corrected chi connectivity index (χ0v) is 10.8. The van der Waals surface area contributed by atoms with Gasteiger partial charge in [0.2, 0.25) is 11.8 Å². The lowest BCUT2D eigenvalue weighted by Crippen LogP contribution is -2.63. The molecule has 1 fully saturated rings. The minimum Gasteiger partial charge on any atom is -0.481 e. The molecule has 0 saturated carbocycles. The average Bonchev–Trinajstić information content (AvgIpc) is 2.19. The van der Waals surface area contributed by atoms with Crippen molar-refractivity contribution in [2.75, 3.05) is 7.05 Å². The Morgan fingerprint density at radius 2 is 1.72 bits per heavy atom. The number of urea groups is 1. The summed E-state index contributed by atoms with van der Waals surface area (Å²) in [5.74, 6) is -4.10. The largest absolute Gasteiger partial charge is 0.481 e. The van der Waals surface area contributed by atoms with Gasteiger partial charge in [-0.15, -0.1) is 0 Å². The number of carbonyl (C=O) groups excluding carboxylic acids is 3. The van der Waals surface area contributed by atoms with Gasteiger partial charge in [0, 0.05) is 12.6 Å². The van der Waals surface area contributed by atoms with Crippen molar-refractivity contribution in [1.29, 1.82) is 0 Å². The van der Waals surface area contributed by atoms with Crippen LogP contribution in [0, 0.1) is 5.92 Å². The number of imide groups is 2. The van der Waals surface area contributed by atoms with E-state index in [4.69, 9.17) is 5.11 Å². The van der Waals surface area contributed by atoms with Crippen LogP contribution in [0.3, 0.4) is 0 Å². The molecule has 0 radical (unpaired) electrons. The quantitative estimate of drug-likeness (QED) is 0.717. The van der Waals surface area contributed by atoms with Gasteiger partial charge in [0.05, 0.1) is 6.42 Å². The molecule has 4 amide bonds. The smallest absolute Gasteiger partial charge is 0.333 e. The van der Waals surface area contributed by atoms with Crippen LogP contribution in [0.4, 0.5) is 4.79 Å². The highest BCUT2D eigenvalue weighted by Gasteiger charge is 2.48. The molecular weight excluding hydrogens is 240 g/mol. The summed E-state index contributed by atoms with van der Waals surface area (Å²) in [5.41, 5.74) is -0.806. The van der Waals surface area contributed by atoms with Gasteiger partial charge in [0.1, 0.15) is 5.92 Å². The fraction of sp³-hybridized carbons (Fsp3) is 0.636. The van der Waals surface area contributed by atoms with E-state index in [1.165, 1.54) is 7.05 Å². The van der Waals surface area contributed by atoms with Gasteiger partial charge in [-0.1, -0.05) is 0 Å². The van der Waals surface area contributed by atoms with E-state index >= 15 is 0 Å². The molecule has 1 heterocycles. The second kappa shape index (κ2) is 4.40. The Labute approximate surface area is 104 Å². The lowest BCUT2D eigenvalue weighted by Gasteiger charge is -2.41. The Morgan fingerprint density at radius 3 is 2.11 bits per heavy atom. The predicted octanol–water partition coefficient (Wildman–Crippen LogP) is 0.296. The molecule has 0 aromatic rings. The summed E-state index contributed by atoms with van der Waals surface area (Å²) in [7, 11) is 1.24. The van der Waals surface area contributed by atoms with Gasteiger partial charge < -0.3 is 5.11 Å². The highest BCUT2D eigenvalue weighted by molar-refractivity contribution is 6.17. The van der Waals surface area contributed by atoms with Crippen LogP contribution in [0.15, 0.2) is 0 Å². The lowest BCUT2D eigenvalue weighted by atomic mass is 9.95. The van der Waals surface area contributed by atoms with Crippen molar-refractivity contribution in [2.45, 2.75) is 32.7 Å². The normalized spacial score (nSPS) is 21.6. The average molecular weight is 256 g/mol. The second-order valence-electron chi connectivity index (χ2n) is 5.17. The molecule has 0 bridgehead atoms. The fourth-order valence-electron chi connectivity index (χ4n) is 1.80. The SMILES string of the molecule is CN1C(=O)C(CC(=O)O)C(=O)N(C(C)(C)C)C1=O. The number of hydrogen-bond acceptors (Lipinski definition) is 4. The second-order valence-corrected chi connectivity index (χ2v) is 5.17. The third kappa shape index (κ3) is 2.34. The Balaban J connectivity index is 3.16. The molecule has 18 heavy (non-hydrogen) atoms. The molecule has 0 spiro atoms. The number of rotatable bonds is 2. The van der Waals surface area contributed by atoms with Gasteiger partial charge in [-0.25, -0.2) is 4.79 Å². The number of hydrogen-bond donors (Lipinski definition) is 1. The van der Waals surface area contributed by atoms with Gasteiger partial charge in [0.15, 0.2) is 0 Å². The molecule has 1 rings (SSSR count). The molecule has 1 N–H and O–H groups in total. The molecule has 0 aromatic carbocycles. The van der Waals surface area contributed by atoms with E-state index in [0.717, 1.165) is 9.80 Å². The number of amides is 4. The first-order valence-electron chi connectivity index (χ1n) is 5.44. The molecular formula is C11H16N2O5. The predicted molar refractivity (Wildman–Crippen MR) is 60.5 cm³/mol. The molecule has 100 valence electrons. The lowest BCUT2D eigenvalue weighted by molar-refractivity contribution is -0.156. The first-order valence-corrected chi connectivity index (χ1v) is 5.44. The van der Waals surface area contributed by atoms with Gasteiger partial charge in [0.25, 0.3) is 0 Å². The van der Waals surface area contributed by atoms with Gasteiger partial charge in [-0.2, -0.15) is 0 Å². The zero-order chi connectivity index (χ0) is 14.2. The summed E-state index contributed by atoms with van der Waals surface area (Å²) in [4.78, 5) is 48.1. The highest BCUT2D eigenvalue weighted by Crippen LogP contribution is 2.26. The summed E-state index contributed by atoms with van der Waals surface area (Å²) >= 11 is 0. The molecule has 0 aliphatic carbocycles. The maximum Gasteiger partial charge on any atom is 0.333 e. The molecule has 1 atom stereocenters. The Morgan fingerprint density at radius 1 is 1.22 bits per heavy atom. The third-order valence-electron chi connectivity index (χ3n) is 2.67. The molecule has 7 heteroatoms. The van der Waals surface area contributed by atoms with Crippen LogP contribution >= 0.6 is 0 Å². The minimum atomic E-state index is -1.33. The first-order chi connectivity index (χ1) is 8.07. The molecule has 1 saturated heterocycles. The number of carbonyl (C=O) groups is 4. The monoisotopic (exact) mass is 256 g/mol. The van der Waals surface area contributed by atoms with Crippen molar-refractivity contribution in [2.24, 2.45) is 5.92 Å². The van der Waals surface area contributed by atoms with E-state index in [1.54, 1.807) is 20.8 Å². The maximum absolute atomic E-state index is 12.1. The van der Waals surface area contributed by atoms with Crippen LogP contribution in [0.2, 0.25) is 0 Å². The van der Waals surface area contributed by atoms with E-state index in [9.17, 15) is 19.2 Å². The van der Waals surface area contributed by atoms with E-state index in [-0.39, 0.29) is 0 Å². The van der Waals surface area contributed by atoms with E-state index in [0.29, 0.717) is 0 Å². The zero-order valence-electron chi connectivity index (χ0n) is 10.8. The van der Waals surface area contributed by atoms with Crippen LogP contribution in [0.1, 0.15) is 27.2 Å². The van der Waals surface area contributed by atoms with Crippen LogP contribution < -0.4 is 0 Å². The number of barbiturate groups is 1. The Hall–Kier alpha value is -1.92. The van der Waals surface area contributed by atoms with Crippen LogP contribution in [0.25, 0.3) is 0 Å². The first kappa shape index (κ1) is 14.1. The van der Waals surface area contributed by atoms with Gasteiger partial charge in [-0.3, -0.25) is 24.2 Å². The van der Waals surface area contributed by atoms with Crippen molar-refractivity contribution in [3.63, 3.8) is 0 Å². The van der Waals surface area contributed by atoms with Crippen LogP contribution in [0.5, 0.6) is 0 Å². The Kier molecular flexibility index (Phi) is 3.45. The minimum absolute atomic E-state index is 0.609.